The zero-order valence-corrected chi connectivity index (χ0v) is 16.0. The zero-order valence-electron chi connectivity index (χ0n) is 15.1. The van der Waals surface area contributed by atoms with E-state index in [1.54, 1.807) is 24.5 Å². The molecule has 0 aliphatic rings. The molecule has 3 aromatic rings. The quantitative estimate of drug-likeness (QED) is 0.629. The van der Waals surface area contributed by atoms with E-state index in [0.29, 0.717) is 30.9 Å². The predicted octanol–water partition coefficient (Wildman–Crippen LogP) is 3.03. The van der Waals surface area contributed by atoms with Crippen molar-refractivity contribution in [2.45, 2.75) is 19.3 Å². The minimum atomic E-state index is -0.244. The minimum Gasteiger partial charge on any atom is -0.350 e. The molecule has 0 unspecified atom stereocenters. The number of hydrogen-bond acceptors (Lipinski definition) is 4. The first-order valence-corrected chi connectivity index (χ1v) is 9.68. The van der Waals surface area contributed by atoms with Gasteiger partial charge in [0, 0.05) is 31.0 Å². The Kier molecular flexibility index (Phi) is 6.38. The lowest BCUT2D eigenvalue weighted by atomic mass is 10.1. The van der Waals surface area contributed by atoms with Gasteiger partial charge in [0.05, 0.1) is 0 Å². The van der Waals surface area contributed by atoms with Crippen LogP contribution in [0, 0.1) is 0 Å². The molecule has 0 atom stereocenters. The van der Waals surface area contributed by atoms with E-state index in [2.05, 4.69) is 15.7 Å². The molecule has 2 aromatic heterocycles. The summed E-state index contributed by atoms with van der Waals surface area (Å²) in [7, 11) is 1.70. The van der Waals surface area contributed by atoms with E-state index in [0.717, 1.165) is 12.0 Å². The second kappa shape index (κ2) is 9.14. The van der Waals surface area contributed by atoms with Crippen molar-refractivity contribution in [3.63, 3.8) is 0 Å². The number of nitrogens with zero attached hydrogens (tertiary/aromatic N) is 2. The highest BCUT2D eigenvalue weighted by molar-refractivity contribution is 7.09. The Hall–Kier alpha value is -2.93. The molecule has 6 nitrogen and oxygen atoms in total. The normalized spacial score (nSPS) is 10.6. The van der Waals surface area contributed by atoms with Gasteiger partial charge >= 0.3 is 0 Å². The SMILES string of the molecule is Cn1nc(C(=O)NCCc2cccs2)cc1NC(=O)CCc1ccccc1. The highest BCUT2D eigenvalue weighted by Crippen LogP contribution is 2.11. The van der Waals surface area contributed by atoms with Crippen LogP contribution < -0.4 is 10.6 Å². The highest BCUT2D eigenvalue weighted by atomic mass is 32.1. The number of aryl methyl sites for hydroxylation is 2. The van der Waals surface area contributed by atoms with Gasteiger partial charge in [0.25, 0.3) is 5.91 Å². The topological polar surface area (TPSA) is 76.0 Å². The van der Waals surface area contributed by atoms with E-state index < -0.39 is 0 Å². The molecule has 27 heavy (non-hydrogen) atoms. The van der Waals surface area contributed by atoms with Crippen molar-refractivity contribution in [1.29, 1.82) is 0 Å². The zero-order chi connectivity index (χ0) is 19.1. The van der Waals surface area contributed by atoms with Crippen molar-refractivity contribution in [3.05, 3.63) is 70.0 Å². The molecule has 2 N–H and O–H groups in total. The third-order valence-electron chi connectivity index (χ3n) is 4.10. The molecule has 0 fully saturated rings. The lowest BCUT2D eigenvalue weighted by Crippen LogP contribution is -2.26. The van der Waals surface area contributed by atoms with Crippen LogP contribution in [-0.4, -0.2) is 28.1 Å². The molecular weight excluding hydrogens is 360 g/mol. The summed E-state index contributed by atoms with van der Waals surface area (Å²) in [5.74, 6) is 0.162. The molecular formula is C20H22N4O2S. The predicted molar refractivity (Wildman–Crippen MR) is 107 cm³/mol. The number of aromatic nitrogens is 2. The second-order valence-corrected chi connectivity index (χ2v) is 7.19. The van der Waals surface area contributed by atoms with Crippen LogP contribution in [0.25, 0.3) is 0 Å². The Morgan fingerprint density at radius 3 is 2.67 bits per heavy atom. The number of carbonyl (C=O) groups excluding carboxylic acids is 2. The number of amides is 2. The van der Waals surface area contributed by atoms with Crippen molar-refractivity contribution in [2.24, 2.45) is 7.05 Å². The number of carbonyl (C=O) groups is 2. The lowest BCUT2D eigenvalue weighted by molar-refractivity contribution is -0.116. The van der Waals surface area contributed by atoms with Crippen molar-refractivity contribution >= 4 is 29.0 Å². The number of benzene rings is 1. The summed E-state index contributed by atoms with van der Waals surface area (Å²) in [4.78, 5) is 25.6. The lowest BCUT2D eigenvalue weighted by Gasteiger charge is -2.05. The largest absolute Gasteiger partial charge is 0.350 e. The first-order chi connectivity index (χ1) is 13.1. The van der Waals surface area contributed by atoms with Gasteiger partial charge in [0.1, 0.15) is 5.82 Å². The van der Waals surface area contributed by atoms with Crippen LogP contribution in [-0.2, 0) is 24.7 Å². The molecule has 140 valence electrons. The third kappa shape index (κ3) is 5.52. The van der Waals surface area contributed by atoms with Gasteiger partial charge in [-0.15, -0.1) is 11.3 Å². The van der Waals surface area contributed by atoms with Crippen LogP contribution in [0.2, 0.25) is 0 Å². The standard InChI is InChI=1S/C20H22N4O2S/c1-24-18(22-19(25)10-9-15-6-3-2-4-7-15)14-17(23-24)20(26)21-12-11-16-8-5-13-27-16/h2-8,13-14H,9-12H2,1H3,(H,21,26)(H,22,25). The second-order valence-electron chi connectivity index (χ2n) is 6.16. The number of anilines is 1. The van der Waals surface area contributed by atoms with Crippen molar-refractivity contribution in [2.75, 3.05) is 11.9 Å². The van der Waals surface area contributed by atoms with E-state index in [1.807, 2.05) is 47.8 Å². The smallest absolute Gasteiger partial charge is 0.271 e. The number of nitrogens with one attached hydrogen (secondary N) is 2. The summed E-state index contributed by atoms with van der Waals surface area (Å²) in [6.07, 6.45) is 1.83. The van der Waals surface area contributed by atoms with Crippen LogP contribution in [0.15, 0.2) is 53.9 Å². The van der Waals surface area contributed by atoms with Gasteiger partial charge in [-0.2, -0.15) is 5.10 Å². The molecule has 3 rings (SSSR count). The Morgan fingerprint density at radius 2 is 1.93 bits per heavy atom. The molecule has 0 saturated carbocycles. The summed E-state index contributed by atoms with van der Waals surface area (Å²) < 4.78 is 1.51. The maximum absolute atomic E-state index is 12.2. The van der Waals surface area contributed by atoms with Crippen molar-refractivity contribution in [1.82, 2.24) is 15.1 Å². The van der Waals surface area contributed by atoms with Crippen LogP contribution >= 0.6 is 11.3 Å². The minimum absolute atomic E-state index is 0.105. The first-order valence-electron chi connectivity index (χ1n) is 8.80. The molecule has 0 aliphatic heterocycles. The summed E-state index contributed by atoms with van der Waals surface area (Å²) in [6.45, 7) is 0.550. The van der Waals surface area contributed by atoms with E-state index in [9.17, 15) is 9.59 Å². The van der Waals surface area contributed by atoms with Gasteiger partial charge in [-0.1, -0.05) is 36.4 Å². The Balaban J connectivity index is 1.49. The fourth-order valence-electron chi connectivity index (χ4n) is 2.65. The maximum Gasteiger partial charge on any atom is 0.271 e. The van der Waals surface area contributed by atoms with Crippen LogP contribution in [0.3, 0.4) is 0 Å². The molecule has 0 bridgehead atoms. The molecule has 0 spiro atoms. The van der Waals surface area contributed by atoms with Gasteiger partial charge in [0.15, 0.2) is 5.69 Å². The third-order valence-corrected chi connectivity index (χ3v) is 5.04. The summed E-state index contributed by atoms with van der Waals surface area (Å²) in [5.41, 5.74) is 1.41. The Bertz CT molecular complexity index is 888. The van der Waals surface area contributed by atoms with Crippen LogP contribution in [0.1, 0.15) is 27.3 Å². The maximum atomic E-state index is 12.2. The Morgan fingerprint density at radius 1 is 1.11 bits per heavy atom. The first kappa shape index (κ1) is 18.8. The monoisotopic (exact) mass is 382 g/mol. The molecule has 0 radical (unpaired) electrons. The van der Waals surface area contributed by atoms with Crippen molar-refractivity contribution < 1.29 is 9.59 Å². The van der Waals surface area contributed by atoms with Gasteiger partial charge in [0.2, 0.25) is 5.91 Å². The fourth-order valence-corrected chi connectivity index (χ4v) is 3.36. The number of rotatable bonds is 8. The van der Waals surface area contributed by atoms with E-state index in [4.69, 9.17) is 0 Å². The fraction of sp³-hybridized carbons (Fsp3) is 0.250. The van der Waals surface area contributed by atoms with Gasteiger partial charge in [-0.25, -0.2) is 0 Å². The number of hydrogen-bond donors (Lipinski definition) is 2. The van der Waals surface area contributed by atoms with Gasteiger partial charge in [-0.3, -0.25) is 14.3 Å². The average molecular weight is 382 g/mol. The van der Waals surface area contributed by atoms with Crippen molar-refractivity contribution in [3.8, 4) is 0 Å². The van der Waals surface area contributed by atoms with Gasteiger partial charge < -0.3 is 10.6 Å². The average Bonchev–Trinajstić information content (AvgIpc) is 3.31. The van der Waals surface area contributed by atoms with E-state index >= 15 is 0 Å². The molecule has 1 aromatic carbocycles. The summed E-state index contributed by atoms with van der Waals surface area (Å²) >= 11 is 1.67. The molecule has 2 amide bonds. The molecule has 0 saturated heterocycles. The van der Waals surface area contributed by atoms with E-state index in [-0.39, 0.29) is 11.8 Å². The highest BCUT2D eigenvalue weighted by Gasteiger charge is 2.14. The molecule has 7 heteroatoms. The van der Waals surface area contributed by atoms with E-state index in [1.165, 1.54) is 9.56 Å². The van der Waals surface area contributed by atoms with Crippen LogP contribution in [0.4, 0.5) is 5.82 Å². The Labute approximate surface area is 162 Å². The molecule has 2 heterocycles. The van der Waals surface area contributed by atoms with Gasteiger partial charge in [-0.05, 0) is 29.9 Å². The molecule has 0 aliphatic carbocycles. The number of thiophene rings is 1. The summed E-state index contributed by atoms with van der Waals surface area (Å²) in [5, 5.41) is 11.9. The van der Waals surface area contributed by atoms with Crippen LogP contribution in [0.5, 0.6) is 0 Å². The summed E-state index contributed by atoms with van der Waals surface area (Å²) in [6, 6.07) is 15.5.